The average molecular weight is 360 g/mol. The van der Waals surface area contributed by atoms with Crippen molar-refractivity contribution in [2.75, 3.05) is 6.54 Å². The lowest BCUT2D eigenvalue weighted by molar-refractivity contribution is 0.0880. The summed E-state index contributed by atoms with van der Waals surface area (Å²) in [6.45, 7) is 4.18. The fourth-order valence-electron chi connectivity index (χ4n) is 4.68. The van der Waals surface area contributed by atoms with Crippen LogP contribution in [0.3, 0.4) is 0 Å². The second kappa shape index (κ2) is 7.58. The largest absolute Gasteiger partial charge is 0.299 e. The summed E-state index contributed by atoms with van der Waals surface area (Å²) in [6, 6.07) is 3.48. The second-order valence-electron chi connectivity index (χ2n) is 7.64. The number of thiophene rings is 1. The van der Waals surface area contributed by atoms with Crippen LogP contribution in [0.1, 0.15) is 63.2 Å². The predicted octanol–water partition coefficient (Wildman–Crippen LogP) is 4.21. The summed E-state index contributed by atoms with van der Waals surface area (Å²) in [4.78, 5) is 22.2. The minimum Gasteiger partial charge on any atom is -0.299 e. The third kappa shape index (κ3) is 3.54. The molecular weight excluding hydrogens is 330 g/mol. The van der Waals surface area contributed by atoms with Gasteiger partial charge in [0.1, 0.15) is 4.83 Å². The fourth-order valence-corrected chi connectivity index (χ4v) is 5.61. The van der Waals surface area contributed by atoms with Crippen molar-refractivity contribution in [3.63, 3.8) is 0 Å². The first-order valence-corrected chi connectivity index (χ1v) is 10.8. The van der Waals surface area contributed by atoms with Crippen LogP contribution in [0.5, 0.6) is 0 Å². The highest BCUT2D eigenvalue weighted by atomic mass is 32.1. The van der Waals surface area contributed by atoms with E-state index in [-0.39, 0.29) is 5.56 Å². The van der Waals surface area contributed by atoms with Gasteiger partial charge in [0.05, 0.1) is 11.7 Å². The number of nitrogens with zero attached hydrogens (tertiary/aromatic N) is 3. The topological polar surface area (TPSA) is 38.1 Å². The summed E-state index contributed by atoms with van der Waals surface area (Å²) in [5, 5.41) is 0.806. The van der Waals surface area contributed by atoms with E-state index in [4.69, 9.17) is 0 Å². The van der Waals surface area contributed by atoms with Gasteiger partial charge >= 0.3 is 0 Å². The van der Waals surface area contributed by atoms with Crippen molar-refractivity contribution in [2.45, 2.75) is 83.3 Å². The SMILES string of the molecule is CCc1cc2c(=O)n(CC[C@H]3CCCCN3C3CCCC3)cnc2s1. The highest BCUT2D eigenvalue weighted by molar-refractivity contribution is 7.18. The van der Waals surface area contributed by atoms with Gasteiger partial charge in [-0.05, 0) is 51.1 Å². The average Bonchev–Trinajstić information content (AvgIpc) is 3.31. The van der Waals surface area contributed by atoms with Crippen molar-refractivity contribution >= 4 is 21.6 Å². The van der Waals surface area contributed by atoms with E-state index in [1.54, 1.807) is 17.7 Å². The summed E-state index contributed by atoms with van der Waals surface area (Å²) in [5.74, 6) is 0. The van der Waals surface area contributed by atoms with Gasteiger partial charge in [0.2, 0.25) is 0 Å². The van der Waals surface area contributed by atoms with E-state index in [1.807, 2.05) is 10.6 Å². The van der Waals surface area contributed by atoms with Crippen LogP contribution in [0.15, 0.2) is 17.2 Å². The quantitative estimate of drug-likeness (QED) is 0.803. The molecule has 1 atom stereocenters. The van der Waals surface area contributed by atoms with Crippen LogP contribution >= 0.6 is 11.3 Å². The number of aryl methyl sites for hydroxylation is 2. The molecule has 0 N–H and O–H groups in total. The molecule has 1 aliphatic carbocycles. The van der Waals surface area contributed by atoms with E-state index < -0.39 is 0 Å². The van der Waals surface area contributed by atoms with Gasteiger partial charge in [-0.15, -0.1) is 11.3 Å². The molecule has 0 unspecified atom stereocenters. The van der Waals surface area contributed by atoms with Gasteiger partial charge in [0.15, 0.2) is 0 Å². The van der Waals surface area contributed by atoms with Crippen molar-refractivity contribution < 1.29 is 0 Å². The second-order valence-corrected chi connectivity index (χ2v) is 8.76. The Hall–Kier alpha value is -1.20. The molecule has 0 radical (unpaired) electrons. The molecule has 0 bridgehead atoms. The molecule has 2 aromatic rings. The molecule has 4 rings (SSSR count). The highest BCUT2D eigenvalue weighted by Gasteiger charge is 2.30. The summed E-state index contributed by atoms with van der Waals surface area (Å²) in [5.41, 5.74) is 0.143. The number of hydrogen-bond donors (Lipinski definition) is 0. The first kappa shape index (κ1) is 17.2. The molecule has 2 aliphatic rings. The van der Waals surface area contributed by atoms with Gasteiger partial charge in [-0.25, -0.2) is 4.98 Å². The Balaban J connectivity index is 1.48. The van der Waals surface area contributed by atoms with E-state index in [0.717, 1.165) is 35.6 Å². The van der Waals surface area contributed by atoms with Crippen molar-refractivity contribution in [3.8, 4) is 0 Å². The lowest BCUT2D eigenvalue weighted by atomic mass is 9.96. The maximum absolute atomic E-state index is 12.8. The summed E-state index contributed by atoms with van der Waals surface area (Å²) >= 11 is 1.65. The van der Waals surface area contributed by atoms with Gasteiger partial charge in [-0.3, -0.25) is 14.3 Å². The van der Waals surface area contributed by atoms with Gasteiger partial charge in [-0.1, -0.05) is 26.2 Å². The van der Waals surface area contributed by atoms with Gasteiger partial charge in [0.25, 0.3) is 5.56 Å². The number of piperidine rings is 1. The normalized spacial score (nSPS) is 22.8. The van der Waals surface area contributed by atoms with Crippen molar-refractivity contribution in [3.05, 3.63) is 27.6 Å². The Morgan fingerprint density at radius 2 is 2.00 bits per heavy atom. The van der Waals surface area contributed by atoms with Crippen molar-refractivity contribution in [1.29, 1.82) is 0 Å². The molecule has 4 nitrogen and oxygen atoms in total. The number of fused-ring (bicyclic) bond motifs is 1. The van der Waals surface area contributed by atoms with E-state index in [0.29, 0.717) is 6.04 Å². The highest BCUT2D eigenvalue weighted by Crippen LogP contribution is 2.30. The zero-order chi connectivity index (χ0) is 17.2. The van der Waals surface area contributed by atoms with Crippen LogP contribution in [0.4, 0.5) is 0 Å². The number of aromatic nitrogens is 2. The fraction of sp³-hybridized carbons (Fsp3) is 0.700. The number of hydrogen-bond acceptors (Lipinski definition) is 4. The molecule has 0 aromatic carbocycles. The summed E-state index contributed by atoms with van der Waals surface area (Å²) in [7, 11) is 0. The molecule has 0 spiro atoms. The Bertz CT molecular complexity index is 775. The molecule has 1 saturated heterocycles. The minimum atomic E-state index is 0.143. The lowest BCUT2D eigenvalue weighted by Crippen LogP contribution is -2.45. The summed E-state index contributed by atoms with van der Waals surface area (Å²) < 4.78 is 1.84. The molecule has 2 fully saturated rings. The molecule has 1 aliphatic heterocycles. The predicted molar refractivity (Wildman–Crippen MR) is 104 cm³/mol. The Morgan fingerprint density at radius 3 is 2.80 bits per heavy atom. The number of likely N-dealkylation sites (tertiary alicyclic amines) is 1. The smallest absolute Gasteiger partial charge is 0.262 e. The van der Waals surface area contributed by atoms with Crippen LogP contribution in [-0.2, 0) is 13.0 Å². The van der Waals surface area contributed by atoms with E-state index in [1.165, 1.54) is 56.4 Å². The van der Waals surface area contributed by atoms with Crippen LogP contribution in [0, 0.1) is 0 Å². The maximum Gasteiger partial charge on any atom is 0.262 e. The standard InChI is InChI=1S/C20H29N3OS/c1-2-17-13-18-19(25-17)21-14-22(20(18)24)12-10-16-9-5-6-11-23(16)15-7-3-4-8-15/h13-16H,2-12H2,1H3/t16-/m1/s1. The molecule has 0 amide bonds. The molecule has 3 heterocycles. The zero-order valence-corrected chi connectivity index (χ0v) is 16.1. The molecule has 136 valence electrons. The van der Waals surface area contributed by atoms with E-state index in [2.05, 4.69) is 16.8 Å². The van der Waals surface area contributed by atoms with Crippen LogP contribution < -0.4 is 5.56 Å². The van der Waals surface area contributed by atoms with E-state index in [9.17, 15) is 4.79 Å². The molecule has 1 saturated carbocycles. The molecule has 25 heavy (non-hydrogen) atoms. The summed E-state index contributed by atoms with van der Waals surface area (Å²) in [6.07, 6.45) is 13.3. The third-order valence-corrected chi connectivity index (χ3v) is 7.27. The monoisotopic (exact) mass is 359 g/mol. The lowest BCUT2D eigenvalue weighted by Gasteiger charge is -2.40. The first-order chi connectivity index (χ1) is 12.3. The van der Waals surface area contributed by atoms with Gasteiger partial charge in [-0.2, -0.15) is 0 Å². The Morgan fingerprint density at radius 1 is 1.20 bits per heavy atom. The molecule has 2 aromatic heterocycles. The Kier molecular flexibility index (Phi) is 5.23. The van der Waals surface area contributed by atoms with E-state index >= 15 is 0 Å². The van der Waals surface area contributed by atoms with Crippen molar-refractivity contribution in [1.82, 2.24) is 14.5 Å². The molecule has 5 heteroatoms. The Labute approximate surface area is 153 Å². The molecular formula is C20H29N3OS. The third-order valence-electron chi connectivity index (χ3n) is 6.09. The first-order valence-electron chi connectivity index (χ1n) is 10.00. The van der Waals surface area contributed by atoms with Gasteiger partial charge in [0, 0.05) is 23.5 Å². The van der Waals surface area contributed by atoms with Crippen LogP contribution in [0.2, 0.25) is 0 Å². The van der Waals surface area contributed by atoms with Crippen LogP contribution in [0.25, 0.3) is 10.2 Å². The van der Waals surface area contributed by atoms with Crippen molar-refractivity contribution in [2.24, 2.45) is 0 Å². The minimum absolute atomic E-state index is 0.143. The van der Waals surface area contributed by atoms with Gasteiger partial charge < -0.3 is 0 Å². The zero-order valence-electron chi connectivity index (χ0n) is 15.2. The number of rotatable bonds is 5. The van der Waals surface area contributed by atoms with Crippen LogP contribution in [-0.4, -0.2) is 33.1 Å². The maximum atomic E-state index is 12.8.